The Kier molecular flexibility index (Phi) is 5.75. The van der Waals surface area contributed by atoms with Crippen LogP contribution in [0.2, 0.25) is 0 Å². The predicted molar refractivity (Wildman–Crippen MR) is 111 cm³/mol. The molecule has 156 valence electrons. The molecule has 1 N–H and O–H groups in total. The van der Waals surface area contributed by atoms with Gasteiger partial charge < -0.3 is 9.94 Å². The predicted octanol–water partition coefficient (Wildman–Crippen LogP) is 3.25. The summed E-state index contributed by atoms with van der Waals surface area (Å²) in [5.41, 5.74) is 2.36. The van der Waals surface area contributed by atoms with E-state index < -0.39 is 10.0 Å². The van der Waals surface area contributed by atoms with Crippen LogP contribution in [0, 0.1) is 17.2 Å². The minimum absolute atomic E-state index is 0.0330. The molecule has 2 aliphatic rings. The number of sulfonamides is 1. The van der Waals surface area contributed by atoms with Crippen molar-refractivity contribution in [1.29, 1.82) is 5.26 Å². The van der Waals surface area contributed by atoms with Gasteiger partial charge in [-0.1, -0.05) is 17.3 Å². The van der Waals surface area contributed by atoms with E-state index >= 15 is 0 Å². The first-order valence-electron chi connectivity index (χ1n) is 10.0. The minimum atomic E-state index is -3.59. The lowest BCUT2D eigenvalue weighted by atomic mass is 10.0. The highest BCUT2D eigenvalue weighted by atomic mass is 32.2. The molecule has 7 nitrogen and oxygen atoms in total. The number of piperidine rings is 1. The third-order valence-electron chi connectivity index (χ3n) is 5.43. The third kappa shape index (κ3) is 4.48. The largest absolute Gasteiger partial charge is 0.508 e. The molecule has 8 heteroatoms. The van der Waals surface area contributed by atoms with E-state index in [1.165, 1.54) is 28.6 Å². The lowest BCUT2D eigenvalue weighted by Gasteiger charge is -2.30. The first kappa shape index (κ1) is 20.4. The average Bonchev–Trinajstić information content (AvgIpc) is 3.60. The molecule has 0 atom stereocenters. The Morgan fingerprint density at radius 1 is 1.10 bits per heavy atom. The molecule has 0 bridgehead atoms. The number of phenolic OH excluding ortho intramolecular Hbond substituents is 1. The van der Waals surface area contributed by atoms with Gasteiger partial charge >= 0.3 is 0 Å². The van der Waals surface area contributed by atoms with Crippen molar-refractivity contribution in [2.75, 3.05) is 13.1 Å². The van der Waals surface area contributed by atoms with Crippen molar-refractivity contribution in [3.63, 3.8) is 0 Å². The van der Waals surface area contributed by atoms with E-state index in [-0.39, 0.29) is 16.7 Å². The number of hydrogen-bond acceptors (Lipinski definition) is 6. The summed E-state index contributed by atoms with van der Waals surface area (Å²) in [6.07, 6.45) is 3.07. The van der Waals surface area contributed by atoms with Crippen LogP contribution in [0.3, 0.4) is 0 Å². The summed E-state index contributed by atoms with van der Waals surface area (Å²) in [6, 6.07) is 15.1. The molecule has 1 saturated heterocycles. The summed E-state index contributed by atoms with van der Waals surface area (Å²) < 4.78 is 27.0. The molecule has 0 amide bonds. The van der Waals surface area contributed by atoms with E-state index in [9.17, 15) is 13.5 Å². The molecule has 2 fully saturated rings. The van der Waals surface area contributed by atoms with Gasteiger partial charge in [0.1, 0.15) is 11.9 Å². The summed E-state index contributed by atoms with van der Waals surface area (Å²) in [4.78, 5) is 5.98. The summed E-state index contributed by atoms with van der Waals surface area (Å²) in [5.74, 6) is 0.389. The number of oxime groups is 1. The Bertz CT molecular complexity index is 1080. The fraction of sp³-hybridized carbons (Fsp3) is 0.364. The molecule has 4 rings (SSSR count). The lowest BCUT2D eigenvalue weighted by Crippen LogP contribution is -2.40. The van der Waals surface area contributed by atoms with Crippen LogP contribution in [-0.2, 0) is 14.9 Å². The highest BCUT2D eigenvalue weighted by Gasteiger charge is 2.32. The van der Waals surface area contributed by atoms with Crippen molar-refractivity contribution >= 4 is 15.7 Å². The second-order valence-corrected chi connectivity index (χ2v) is 9.58. The number of aromatic hydroxyl groups is 1. The Labute approximate surface area is 176 Å². The van der Waals surface area contributed by atoms with Crippen molar-refractivity contribution in [2.24, 2.45) is 11.1 Å². The quantitative estimate of drug-likeness (QED) is 0.565. The summed E-state index contributed by atoms with van der Waals surface area (Å²) in [7, 11) is -3.59. The number of rotatable bonds is 6. The monoisotopic (exact) mass is 425 g/mol. The molecule has 0 radical (unpaired) electrons. The van der Waals surface area contributed by atoms with Gasteiger partial charge in [0.2, 0.25) is 10.0 Å². The second-order valence-electron chi connectivity index (χ2n) is 7.65. The first-order chi connectivity index (χ1) is 14.5. The van der Waals surface area contributed by atoms with E-state index in [1.54, 1.807) is 6.07 Å². The van der Waals surface area contributed by atoms with E-state index in [1.807, 2.05) is 18.2 Å². The SMILES string of the molecule is N#Cc1cccc(/C(=N/OC2CCN(S(=O)(=O)c3ccc(O)cc3)CC2)C2CC2)c1. The molecule has 30 heavy (non-hydrogen) atoms. The molecule has 0 spiro atoms. The number of nitrogens with zero attached hydrogens (tertiary/aromatic N) is 3. The van der Waals surface area contributed by atoms with E-state index in [4.69, 9.17) is 10.1 Å². The summed E-state index contributed by atoms with van der Waals surface area (Å²) in [6.45, 7) is 0.706. The Balaban J connectivity index is 1.40. The number of benzene rings is 2. The van der Waals surface area contributed by atoms with Crippen molar-refractivity contribution in [3.05, 3.63) is 59.7 Å². The molecule has 0 aromatic heterocycles. The zero-order valence-corrected chi connectivity index (χ0v) is 17.3. The van der Waals surface area contributed by atoms with Crippen LogP contribution < -0.4 is 0 Å². The molecular formula is C22H23N3O4S. The van der Waals surface area contributed by atoms with Crippen molar-refractivity contribution < 1.29 is 18.4 Å². The molecule has 2 aromatic rings. The fourth-order valence-electron chi connectivity index (χ4n) is 3.54. The fourth-order valence-corrected chi connectivity index (χ4v) is 5.01. The maximum Gasteiger partial charge on any atom is 0.243 e. The number of nitriles is 1. The zero-order valence-electron chi connectivity index (χ0n) is 16.4. The van der Waals surface area contributed by atoms with Crippen LogP contribution in [0.25, 0.3) is 0 Å². The van der Waals surface area contributed by atoms with Gasteiger partial charge in [-0.15, -0.1) is 0 Å². The van der Waals surface area contributed by atoms with E-state index in [2.05, 4.69) is 11.2 Å². The first-order valence-corrected chi connectivity index (χ1v) is 11.4. The third-order valence-corrected chi connectivity index (χ3v) is 7.34. The Morgan fingerprint density at radius 3 is 2.43 bits per heavy atom. The van der Waals surface area contributed by atoms with Gasteiger partial charge in [0.05, 0.1) is 22.2 Å². The van der Waals surface area contributed by atoms with Crippen LogP contribution in [0.4, 0.5) is 0 Å². The topological polar surface area (TPSA) is 103 Å². The van der Waals surface area contributed by atoms with Gasteiger partial charge in [0.25, 0.3) is 0 Å². The standard InChI is InChI=1S/C22H23N3O4S/c23-15-16-2-1-3-18(14-16)22(17-4-5-17)24-29-20-10-12-25(13-11-20)30(27,28)21-8-6-19(26)7-9-21/h1-3,6-9,14,17,20,26H,4-5,10-13H2/b24-22+. The van der Waals surface area contributed by atoms with Gasteiger partial charge in [-0.05, 0) is 49.2 Å². The number of phenols is 1. The molecule has 1 aliphatic heterocycles. The van der Waals surface area contributed by atoms with Gasteiger partial charge in [-0.3, -0.25) is 0 Å². The maximum atomic E-state index is 12.8. The number of hydrogen-bond donors (Lipinski definition) is 1. The van der Waals surface area contributed by atoms with Crippen molar-refractivity contribution in [3.8, 4) is 11.8 Å². The van der Waals surface area contributed by atoms with E-state index in [0.29, 0.717) is 37.4 Å². The van der Waals surface area contributed by atoms with Crippen LogP contribution in [0.5, 0.6) is 5.75 Å². The lowest BCUT2D eigenvalue weighted by molar-refractivity contribution is 0.0249. The summed E-state index contributed by atoms with van der Waals surface area (Å²) >= 11 is 0. The van der Waals surface area contributed by atoms with Gasteiger partial charge in [-0.2, -0.15) is 9.57 Å². The molecule has 1 heterocycles. The maximum absolute atomic E-state index is 12.8. The highest BCUT2D eigenvalue weighted by Crippen LogP contribution is 2.34. The van der Waals surface area contributed by atoms with Crippen molar-refractivity contribution in [1.82, 2.24) is 4.31 Å². The van der Waals surface area contributed by atoms with Gasteiger partial charge in [-0.25, -0.2) is 8.42 Å². The molecular weight excluding hydrogens is 402 g/mol. The van der Waals surface area contributed by atoms with Gasteiger partial charge in [0.15, 0.2) is 0 Å². The average molecular weight is 426 g/mol. The van der Waals surface area contributed by atoms with Crippen LogP contribution in [0.1, 0.15) is 36.8 Å². The molecule has 1 saturated carbocycles. The van der Waals surface area contributed by atoms with Gasteiger partial charge in [0, 0.05) is 37.4 Å². The molecule has 0 unspecified atom stereocenters. The van der Waals surface area contributed by atoms with Crippen LogP contribution in [0.15, 0.2) is 58.6 Å². The molecule has 2 aromatic carbocycles. The zero-order chi connectivity index (χ0) is 21.1. The minimum Gasteiger partial charge on any atom is -0.508 e. The second kappa shape index (κ2) is 8.46. The normalized spacial score (nSPS) is 18.7. The van der Waals surface area contributed by atoms with Crippen LogP contribution in [-0.4, -0.2) is 42.7 Å². The molecule has 1 aliphatic carbocycles. The highest BCUT2D eigenvalue weighted by molar-refractivity contribution is 7.89. The van der Waals surface area contributed by atoms with Crippen LogP contribution >= 0.6 is 0 Å². The Hall–Kier alpha value is -2.89. The van der Waals surface area contributed by atoms with E-state index in [0.717, 1.165) is 24.1 Å². The smallest absolute Gasteiger partial charge is 0.243 e. The van der Waals surface area contributed by atoms with Crippen molar-refractivity contribution in [2.45, 2.75) is 36.7 Å². The summed E-state index contributed by atoms with van der Waals surface area (Å²) in [5, 5.41) is 22.9. The Morgan fingerprint density at radius 2 is 1.80 bits per heavy atom.